The Balaban J connectivity index is 1.77. The van der Waals surface area contributed by atoms with E-state index >= 15 is 0 Å². The van der Waals surface area contributed by atoms with Crippen molar-refractivity contribution in [2.45, 2.75) is 37.6 Å². The van der Waals surface area contributed by atoms with Crippen LogP contribution in [-0.4, -0.2) is 15.7 Å². The second kappa shape index (κ2) is 4.94. The van der Waals surface area contributed by atoms with Gasteiger partial charge in [0.25, 0.3) is 0 Å². The van der Waals surface area contributed by atoms with Crippen LogP contribution in [0.25, 0.3) is 11.4 Å². The quantitative estimate of drug-likeness (QED) is 0.936. The van der Waals surface area contributed by atoms with Crippen LogP contribution in [0.5, 0.6) is 0 Å². The van der Waals surface area contributed by atoms with Gasteiger partial charge in [0.2, 0.25) is 11.7 Å². The molecule has 0 spiro atoms. The van der Waals surface area contributed by atoms with Gasteiger partial charge < -0.3 is 10.3 Å². The van der Waals surface area contributed by atoms with Crippen molar-refractivity contribution in [2.24, 2.45) is 5.73 Å². The van der Waals surface area contributed by atoms with Crippen molar-refractivity contribution >= 4 is 11.6 Å². The van der Waals surface area contributed by atoms with Gasteiger partial charge in [-0.1, -0.05) is 29.6 Å². The topological polar surface area (TPSA) is 64.9 Å². The molecule has 3 rings (SSSR count). The van der Waals surface area contributed by atoms with Crippen LogP contribution in [0.3, 0.4) is 0 Å². The Kier molecular flexibility index (Phi) is 3.29. The van der Waals surface area contributed by atoms with Crippen molar-refractivity contribution in [3.05, 3.63) is 35.2 Å². The molecule has 0 atom stereocenters. The molecule has 0 amide bonds. The van der Waals surface area contributed by atoms with Crippen molar-refractivity contribution < 1.29 is 4.52 Å². The van der Waals surface area contributed by atoms with E-state index in [9.17, 15) is 0 Å². The molecule has 2 N–H and O–H groups in total. The summed E-state index contributed by atoms with van der Waals surface area (Å²) in [6.45, 7) is 0. The van der Waals surface area contributed by atoms with Crippen molar-refractivity contribution in [3.8, 4) is 11.4 Å². The summed E-state index contributed by atoms with van der Waals surface area (Å²) in [7, 11) is 0. The predicted octanol–water partition coefficient (Wildman–Crippen LogP) is 3.20. The molecular formula is C14H16ClN3O. The molecular weight excluding hydrogens is 262 g/mol. The van der Waals surface area contributed by atoms with Gasteiger partial charge in [0, 0.05) is 22.5 Å². The minimum absolute atomic E-state index is 0.163. The van der Waals surface area contributed by atoms with Gasteiger partial charge in [-0.3, -0.25) is 0 Å². The third-order valence-corrected chi connectivity index (χ3v) is 3.93. The molecule has 1 fully saturated rings. The first-order valence-electron chi connectivity index (χ1n) is 6.52. The first kappa shape index (κ1) is 12.6. The van der Waals surface area contributed by atoms with Gasteiger partial charge in [0.05, 0.1) is 0 Å². The zero-order valence-corrected chi connectivity index (χ0v) is 11.4. The van der Waals surface area contributed by atoms with Crippen molar-refractivity contribution in [2.75, 3.05) is 0 Å². The summed E-state index contributed by atoms with van der Waals surface area (Å²) >= 11 is 5.86. The molecule has 2 aromatic rings. The highest BCUT2D eigenvalue weighted by Crippen LogP contribution is 2.30. The van der Waals surface area contributed by atoms with E-state index in [0.29, 0.717) is 23.2 Å². The number of nitrogens with zero attached hydrogens (tertiary/aromatic N) is 2. The molecule has 1 aromatic carbocycles. The summed E-state index contributed by atoms with van der Waals surface area (Å²) < 4.78 is 5.30. The SMILES string of the molecule is NC1(Cc2nc(-c3ccc(Cl)cc3)no2)CCCC1. The van der Waals surface area contributed by atoms with E-state index in [1.807, 2.05) is 24.3 Å². The number of aromatic nitrogens is 2. The van der Waals surface area contributed by atoms with E-state index in [4.69, 9.17) is 21.9 Å². The maximum Gasteiger partial charge on any atom is 0.228 e. The average Bonchev–Trinajstić information content (AvgIpc) is 3.00. The molecule has 0 radical (unpaired) electrons. The van der Waals surface area contributed by atoms with E-state index in [1.54, 1.807) is 0 Å². The Hall–Kier alpha value is -1.39. The van der Waals surface area contributed by atoms with E-state index in [2.05, 4.69) is 10.1 Å². The zero-order valence-electron chi connectivity index (χ0n) is 10.6. The monoisotopic (exact) mass is 277 g/mol. The summed E-state index contributed by atoms with van der Waals surface area (Å²) in [5.74, 6) is 1.21. The van der Waals surface area contributed by atoms with Gasteiger partial charge in [0.15, 0.2) is 0 Å². The summed E-state index contributed by atoms with van der Waals surface area (Å²) in [5, 5.41) is 4.70. The van der Waals surface area contributed by atoms with Crippen molar-refractivity contribution in [3.63, 3.8) is 0 Å². The van der Waals surface area contributed by atoms with Crippen LogP contribution in [0.2, 0.25) is 5.02 Å². The highest BCUT2D eigenvalue weighted by Gasteiger charge is 2.31. The Morgan fingerprint density at radius 1 is 1.21 bits per heavy atom. The van der Waals surface area contributed by atoms with Gasteiger partial charge in [-0.15, -0.1) is 0 Å². The highest BCUT2D eigenvalue weighted by molar-refractivity contribution is 6.30. The Bertz CT molecular complexity index is 558. The molecule has 19 heavy (non-hydrogen) atoms. The predicted molar refractivity (Wildman–Crippen MR) is 73.8 cm³/mol. The Labute approximate surface area is 117 Å². The first-order chi connectivity index (χ1) is 9.15. The van der Waals surface area contributed by atoms with E-state index in [1.165, 1.54) is 12.8 Å². The number of rotatable bonds is 3. The molecule has 0 bridgehead atoms. The lowest BCUT2D eigenvalue weighted by Crippen LogP contribution is -2.38. The van der Waals surface area contributed by atoms with E-state index < -0.39 is 0 Å². The fourth-order valence-corrected chi connectivity index (χ4v) is 2.73. The van der Waals surface area contributed by atoms with Crippen LogP contribution in [0.4, 0.5) is 0 Å². The second-order valence-electron chi connectivity index (χ2n) is 5.26. The van der Waals surface area contributed by atoms with Crippen molar-refractivity contribution in [1.82, 2.24) is 10.1 Å². The van der Waals surface area contributed by atoms with Crippen LogP contribution >= 0.6 is 11.6 Å². The van der Waals surface area contributed by atoms with Crippen LogP contribution < -0.4 is 5.73 Å². The average molecular weight is 278 g/mol. The van der Waals surface area contributed by atoms with Crippen LogP contribution in [0.1, 0.15) is 31.6 Å². The number of halogens is 1. The lowest BCUT2D eigenvalue weighted by atomic mass is 9.95. The van der Waals surface area contributed by atoms with Gasteiger partial charge in [0.1, 0.15) is 0 Å². The van der Waals surface area contributed by atoms with Crippen LogP contribution in [-0.2, 0) is 6.42 Å². The Morgan fingerprint density at radius 2 is 1.89 bits per heavy atom. The fourth-order valence-electron chi connectivity index (χ4n) is 2.60. The van der Waals surface area contributed by atoms with Gasteiger partial charge >= 0.3 is 0 Å². The summed E-state index contributed by atoms with van der Waals surface area (Å²) in [5.41, 5.74) is 7.05. The molecule has 0 aliphatic heterocycles. The number of hydrogen-bond acceptors (Lipinski definition) is 4. The highest BCUT2D eigenvalue weighted by atomic mass is 35.5. The normalized spacial score (nSPS) is 17.8. The zero-order chi connectivity index (χ0) is 13.3. The molecule has 100 valence electrons. The molecule has 1 aromatic heterocycles. The van der Waals surface area contributed by atoms with Gasteiger partial charge in [-0.05, 0) is 37.1 Å². The third kappa shape index (κ3) is 2.80. The fraction of sp³-hybridized carbons (Fsp3) is 0.429. The number of hydrogen-bond donors (Lipinski definition) is 1. The molecule has 1 aliphatic carbocycles. The minimum atomic E-state index is -0.163. The summed E-state index contributed by atoms with van der Waals surface area (Å²) in [6, 6.07) is 7.39. The lowest BCUT2D eigenvalue weighted by Gasteiger charge is -2.20. The molecule has 1 saturated carbocycles. The minimum Gasteiger partial charge on any atom is -0.339 e. The Morgan fingerprint density at radius 3 is 2.58 bits per heavy atom. The van der Waals surface area contributed by atoms with Gasteiger partial charge in [-0.25, -0.2) is 0 Å². The van der Waals surface area contributed by atoms with E-state index in [0.717, 1.165) is 18.4 Å². The summed E-state index contributed by atoms with van der Waals surface area (Å²) in [6.07, 6.45) is 5.11. The third-order valence-electron chi connectivity index (χ3n) is 3.67. The van der Waals surface area contributed by atoms with Gasteiger partial charge in [-0.2, -0.15) is 4.98 Å². The van der Waals surface area contributed by atoms with Crippen LogP contribution in [0, 0.1) is 0 Å². The standard InChI is InChI=1S/C14H16ClN3O/c15-11-5-3-10(4-6-11)13-17-12(19-18-13)9-14(16)7-1-2-8-14/h3-6H,1-2,7-9,16H2. The maximum atomic E-state index is 6.31. The molecule has 1 heterocycles. The molecule has 4 nitrogen and oxygen atoms in total. The lowest BCUT2D eigenvalue weighted by molar-refractivity contribution is 0.329. The molecule has 0 saturated heterocycles. The summed E-state index contributed by atoms with van der Waals surface area (Å²) in [4.78, 5) is 4.42. The van der Waals surface area contributed by atoms with E-state index in [-0.39, 0.29) is 5.54 Å². The molecule has 0 unspecified atom stereocenters. The molecule has 5 heteroatoms. The number of benzene rings is 1. The number of nitrogens with two attached hydrogens (primary N) is 1. The second-order valence-corrected chi connectivity index (χ2v) is 5.70. The van der Waals surface area contributed by atoms with Crippen molar-refractivity contribution in [1.29, 1.82) is 0 Å². The smallest absolute Gasteiger partial charge is 0.228 e. The first-order valence-corrected chi connectivity index (χ1v) is 6.90. The molecule has 1 aliphatic rings. The maximum absolute atomic E-state index is 6.31. The largest absolute Gasteiger partial charge is 0.339 e. The van der Waals surface area contributed by atoms with Crippen LogP contribution in [0.15, 0.2) is 28.8 Å².